The molecule has 0 aliphatic carbocycles. The number of unbranched alkanes of at least 4 members (excludes halogenated alkanes) is 21. The summed E-state index contributed by atoms with van der Waals surface area (Å²) in [6, 6.07) is -0.962. The molecule has 0 saturated carbocycles. The molecule has 3 aliphatic rings. The Bertz CT molecular complexity index is 1330. The van der Waals surface area contributed by atoms with Crippen molar-refractivity contribution in [1.82, 2.24) is 5.32 Å². The minimum atomic E-state index is -1.97. The zero-order chi connectivity index (χ0) is 50.6. The van der Waals surface area contributed by atoms with Crippen LogP contribution in [0.15, 0.2) is 12.2 Å². The van der Waals surface area contributed by atoms with Gasteiger partial charge >= 0.3 is 0 Å². The Labute approximate surface area is 410 Å². The van der Waals surface area contributed by atoms with Gasteiger partial charge in [-0.15, -0.1) is 0 Å². The molecule has 0 spiro atoms. The molecule has 3 saturated heterocycles. The number of hydrogen-bond donors (Lipinski definition) is 12. The van der Waals surface area contributed by atoms with E-state index in [1.807, 2.05) is 13.0 Å². The first-order valence-electron chi connectivity index (χ1n) is 26.4. The molecule has 19 nitrogen and oxygen atoms in total. The number of allylic oxidation sites excluding steroid dienone is 1. The summed E-state index contributed by atoms with van der Waals surface area (Å²) in [5.41, 5.74) is 0. The van der Waals surface area contributed by atoms with E-state index >= 15 is 0 Å². The van der Waals surface area contributed by atoms with E-state index < -0.39 is 124 Å². The molecule has 3 heterocycles. The average molecular weight is 996 g/mol. The third-order valence-electron chi connectivity index (χ3n) is 13.6. The van der Waals surface area contributed by atoms with Gasteiger partial charge in [-0.25, -0.2) is 0 Å². The topological polar surface area (TPSA) is 307 Å². The predicted octanol–water partition coefficient (Wildman–Crippen LogP) is 2.26. The summed E-state index contributed by atoms with van der Waals surface area (Å²) >= 11 is 0. The Balaban J connectivity index is 1.43. The van der Waals surface area contributed by atoms with Gasteiger partial charge in [0.25, 0.3) is 0 Å². The molecule has 12 N–H and O–H groups in total. The van der Waals surface area contributed by atoms with E-state index in [0.29, 0.717) is 12.8 Å². The number of amides is 1. The molecular formula is C50H93NO18. The Hall–Kier alpha value is -1.47. The maximum absolute atomic E-state index is 13.1. The fourth-order valence-corrected chi connectivity index (χ4v) is 9.12. The molecule has 0 aromatic rings. The van der Waals surface area contributed by atoms with E-state index in [9.17, 15) is 61.0 Å². The number of nitrogens with one attached hydrogen (secondary N) is 1. The third-order valence-corrected chi connectivity index (χ3v) is 13.6. The lowest BCUT2D eigenvalue weighted by Gasteiger charge is -2.48. The lowest BCUT2D eigenvalue weighted by atomic mass is 9.96. The summed E-state index contributed by atoms with van der Waals surface area (Å²) in [5, 5.41) is 119. The molecule has 17 atom stereocenters. The second-order valence-electron chi connectivity index (χ2n) is 19.3. The molecule has 1 amide bonds. The first kappa shape index (κ1) is 61.8. The van der Waals surface area contributed by atoms with Gasteiger partial charge in [-0.3, -0.25) is 4.79 Å². The van der Waals surface area contributed by atoms with Crippen molar-refractivity contribution in [2.24, 2.45) is 0 Å². The van der Waals surface area contributed by atoms with Gasteiger partial charge in [0.1, 0.15) is 73.2 Å². The molecule has 3 fully saturated rings. The SMILES string of the molecule is CCCC/C=C/C(O)C(COC1OC(CO)C(OC2OC(CO)C(OC3OC(CO)C(O)C(O)C3O)C(O)C2O)C(O)C1O)NC(=O)CCCCCCCCCCCCCCCCCCCCCC. The molecule has 0 bridgehead atoms. The minimum Gasteiger partial charge on any atom is -0.394 e. The molecule has 406 valence electrons. The zero-order valence-corrected chi connectivity index (χ0v) is 41.5. The normalized spacial score (nSPS) is 32.9. The zero-order valence-electron chi connectivity index (χ0n) is 41.5. The van der Waals surface area contributed by atoms with Crippen molar-refractivity contribution in [2.45, 2.75) is 272 Å². The highest BCUT2D eigenvalue weighted by atomic mass is 16.8. The fraction of sp³-hybridized carbons (Fsp3) is 0.940. The van der Waals surface area contributed by atoms with Gasteiger partial charge in [0.05, 0.1) is 38.6 Å². The Morgan fingerprint density at radius 1 is 0.507 bits per heavy atom. The molecule has 0 aromatic carbocycles. The van der Waals surface area contributed by atoms with Crippen LogP contribution in [0.3, 0.4) is 0 Å². The Morgan fingerprint density at radius 3 is 1.35 bits per heavy atom. The maximum atomic E-state index is 13.1. The Morgan fingerprint density at radius 2 is 0.899 bits per heavy atom. The molecule has 19 heteroatoms. The van der Waals surface area contributed by atoms with E-state index in [1.54, 1.807) is 6.08 Å². The van der Waals surface area contributed by atoms with E-state index in [-0.39, 0.29) is 18.9 Å². The van der Waals surface area contributed by atoms with Gasteiger partial charge in [-0.2, -0.15) is 0 Å². The van der Waals surface area contributed by atoms with Crippen molar-refractivity contribution in [3.8, 4) is 0 Å². The van der Waals surface area contributed by atoms with E-state index in [2.05, 4.69) is 12.2 Å². The standard InChI is InChI=1S/C50H93NO18/c1-3-5-7-9-10-11-12-13-14-15-16-17-18-19-20-21-22-23-24-26-28-38(56)51-33(34(55)27-25-8-6-4-2)32-64-48-44(62)41(59)46(36(30-53)66-48)69-50-45(63)42(60)47(37(31-54)67-50)68-49-43(61)40(58)39(57)35(29-52)65-49/h25,27,33-37,39-50,52-55,57-63H,3-24,26,28-32H2,1-2H3,(H,51,56)/b27-25+. The average Bonchev–Trinajstić information content (AvgIpc) is 3.34. The van der Waals surface area contributed by atoms with Gasteiger partial charge in [-0.05, 0) is 12.8 Å². The van der Waals surface area contributed by atoms with Crippen LogP contribution in [0.25, 0.3) is 0 Å². The maximum Gasteiger partial charge on any atom is 0.220 e. The summed E-state index contributed by atoms with van der Waals surface area (Å²) < 4.78 is 33.9. The number of ether oxygens (including phenoxy) is 6. The number of aliphatic hydroxyl groups excluding tert-OH is 11. The van der Waals surface area contributed by atoms with Crippen LogP contribution in [-0.2, 0) is 33.2 Å². The number of hydrogen-bond acceptors (Lipinski definition) is 18. The van der Waals surface area contributed by atoms with Gasteiger partial charge < -0.3 is 89.9 Å². The van der Waals surface area contributed by atoms with Crippen LogP contribution in [0.5, 0.6) is 0 Å². The third kappa shape index (κ3) is 21.5. The van der Waals surface area contributed by atoms with Crippen molar-refractivity contribution in [2.75, 3.05) is 26.4 Å². The highest BCUT2D eigenvalue weighted by Crippen LogP contribution is 2.33. The largest absolute Gasteiger partial charge is 0.394 e. The number of carbonyl (C=O) groups is 1. The van der Waals surface area contributed by atoms with Crippen LogP contribution >= 0.6 is 0 Å². The van der Waals surface area contributed by atoms with Crippen molar-refractivity contribution in [3.63, 3.8) is 0 Å². The van der Waals surface area contributed by atoms with Crippen LogP contribution in [0.1, 0.15) is 168 Å². The summed E-state index contributed by atoms with van der Waals surface area (Å²) in [5.74, 6) is -0.283. The predicted molar refractivity (Wildman–Crippen MR) is 254 cm³/mol. The van der Waals surface area contributed by atoms with Crippen LogP contribution in [-0.4, -0.2) is 193 Å². The Kier molecular flexibility index (Phi) is 31.9. The van der Waals surface area contributed by atoms with E-state index in [4.69, 9.17) is 28.4 Å². The first-order valence-corrected chi connectivity index (χ1v) is 26.4. The quantitative estimate of drug-likeness (QED) is 0.0314. The van der Waals surface area contributed by atoms with Gasteiger partial charge in [0.15, 0.2) is 18.9 Å². The van der Waals surface area contributed by atoms with Crippen molar-refractivity contribution < 1.29 is 89.4 Å². The molecule has 17 unspecified atom stereocenters. The summed E-state index contributed by atoms with van der Waals surface area (Å²) in [6.45, 7) is 1.54. The second-order valence-corrected chi connectivity index (χ2v) is 19.3. The lowest BCUT2D eigenvalue weighted by Crippen LogP contribution is -2.66. The number of carbonyl (C=O) groups excluding carboxylic acids is 1. The molecular weight excluding hydrogens is 903 g/mol. The summed E-state index contributed by atoms with van der Waals surface area (Å²) in [6.07, 6.45) is 4.55. The smallest absolute Gasteiger partial charge is 0.220 e. The second kappa shape index (κ2) is 35.6. The summed E-state index contributed by atoms with van der Waals surface area (Å²) in [7, 11) is 0. The van der Waals surface area contributed by atoms with Crippen molar-refractivity contribution >= 4 is 5.91 Å². The molecule has 3 aliphatic heterocycles. The van der Waals surface area contributed by atoms with Gasteiger partial charge in [-0.1, -0.05) is 161 Å². The van der Waals surface area contributed by atoms with Crippen LogP contribution in [0.4, 0.5) is 0 Å². The minimum absolute atomic E-state index is 0.246. The van der Waals surface area contributed by atoms with Crippen LogP contribution < -0.4 is 5.32 Å². The highest BCUT2D eigenvalue weighted by Gasteiger charge is 2.53. The lowest BCUT2D eigenvalue weighted by molar-refractivity contribution is -0.379. The van der Waals surface area contributed by atoms with E-state index in [0.717, 1.165) is 32.1 Å². The highest BCUT2D eigenvalue weighted by molar-refractivity contribution is 5.76. The molecule has 0 radical (unpaired) electrons. The van der Waals surface area contributed by atoms with Crippen molar-refractivity contribution in [1.29, 1.82) is 0 Å². The summed E-state index contributed by atoms with van der Waals surface area (Å²) in [4.78, 5) is 13.1. The van der Waals surface area contributed by atoms with Crippen LogP contribution in [0, 0.1) is 0 Å². The van der Waals surface area contributed by atoms with E-state index in [1.165, 1.54) is 103 Å². The molecule has 69 heavy (non-hydrogen) atoms. The van der Waals surface area contributed by atoms with Gasteiger partial charge in [0, 0.05) is 6.42 Å². The van der Waals surface area contributed by atoms with Crippen molar-refractivity contribution in [3.05, 3.63) is 12.2 Å². The molecule has 3 rings (SSSR count). The van der Waals surface area contributed by atoms with Gasteiger partial charge in [0.2, 0.25) is 5.91 Å². The number of aliphatic hydroxyl groups is 11. The fourth-order valence-electron chi connectivity index (χ4n) is 9.12. The first-order chi connectivity index (χ1) is 33.3. The monoisotopic (exact) mass is 996 g/mol. The van der Waals surface area contributed by atoms with Crippen LogP contribution in [0.2, 0.25) is 0 Å². The number of rotatable bonds is 37. The molecule has 0 aromatic heterocycles.